The molecule has 0 amide bonds. The van der Waals surface area contributed by atoms with E-state index in [9.17, 15) is 0 Å². The SMILES string of the molecule is CC1(C)OB(N2C3CCC2CNC3)OC1(C)C. The first-order chi connectivity index (χ1) is 7.91. The molecule has 3 aliphatic heterocycles. The van der Waals surface area contributed by atoms with E-state index in [0.29, 0.717) is 12.1 Å². The molecular weight excluding hydrogens is 215 g/mol. The van der Waals surface area contributed by atoms with E-state index in [4.69, 9.17) is 9.31 Å². The fourth-order valence-electron chi connectivity index (χ4n) is 3.09. The third kappa shape index (κ3) is 1.75. The Kier molecular flexibility index (Phi) is 2.60. The van der Waals surface area contributed by atoms with Crippen LogP contribution in [0.4, 0.5) is 0 Å². The Morgan fingerprint density at radius 3 is 1.94 bits per heavy atom. The van der Waals surface area contributed by atoms with Crippen LogP contribution in [0.25, 0.3) is 0 Å². The summed E-state index contributed by atoms with van der Waals surface area (Å²) in [5, 5.41) is 3.49. The highest BCUT2D eigenvalue weighted by molar-refractivity contribution is 6.42. The molecular formula is C12H23BN2O2. The zero-order valence-electron chi connectivity index (χ0n) is 11.3. The van der Waals surface area contributed by atoms with Gasteiger partial charge in [0.25, 0.3) is 0 Å². The van der Waals surface area contributed by atoms with E-state index >= 15 is 0 Å². The minimum atomic E-state index is -0.220. The van der Waals surface area contributed by atoms with Gasteiger partial charge in [0.15, 0.2) is 0 Å². The topological polar surface area (TPSA) is 33.7 Å². The molecule has 2 unspecified atom stereocenters. The summed E-state index contributed by atoms with van der Waals surface area (Å²) >= 11 is 0. The average Bonchev–Trinajstić information content (AvgIpc) is 2.58. The molecule has 3 saturated heterocycles. The number of fused-ring (bicyclic) bond motifs is 2. The van der Waals surface area contributed by atoms with Crippen molar-refractivity contribution in [1.82, 2.24) is 10.1 Å². The molecule has 96 valence electrons. The van der Waals surface area contributed by atoms with Crippen LogP contribution in [0.3, 0.4) is 0 Å². The lowest BCUT2D eigenvalue weighted by atomic mass is 9.90. The summed E-state index contributed by atoms with van der Waals surface area (Å²) in [4.78, 5) is 2.45. The van der Waals surface area contributed by atoms with Crippen molar-refractivity contribution in [2.45, 2.75) is 63.8 Å². The monoisotopic (exact) mass is 238 g/mol. The van der Waals surface area contributed by atoms with Crippen molar-refractivity contribution in [3.63, 3.8) is 0 Å². The molecule has 3 fully saturated rings. The molecule has 0 saturated carbocycles. The molecule has 2 bridgehead atoms. The summed E-state index contributed by atoms with van der Waals surface area (Å²) in [5.74, 6) is 0. The van der Waals surface area contributed by atoms with E-state index in [-0.39, 0.29) is 18.5 Å². The summed E-state index contributed by atoms with van der Waals surface area (Å²) < 4.78 is 12.3. The lowest BCUT2D eigenvalue weighted by Gasteiger charge is -2.36. The van der Waals surface area contributed by atoms with Gasteiger partial charge >= 0.3 is 7.25 Å². The second kappa shape index (κ2) is 3.70. The molecule has 4 nitrogen and oxygen atoms in total. The van der Waals surface area contributed by atoms with E-state index in [1.165, 1.54) is 12.8 Å². The molecule has 0 aromatic heterocycles. The molecule has 0 spiro atoms. The molecule has 2 atom stereocenters. The van der Waals surface area contributed by atoms with Crippen LogP contribution in [-0.4, -0.2) is 48.4 Å². The third-order valence-corrected chi connectivity index (χ3v) is 4.92. The van der Waals surface area contributed by atoms with Gasteiger partial charge in [-0.15, -0.1) is 0 Å². The minimum absolute atomic E-state index is 0.153. The van der Waals surface area contributed by atoms with E-state index in [1.807, 2.05) is 0 Å². The zero-order valence-corrected chi connectivity index (χ0v) is 11.3. The second-order valence-electron chi connectivity index (χ2n) is 6.55. The van der Waals surface area contributed by atoms with Crippen molar-refractivity contribution < 1.29 is 9.31 Å². The third-order valence-electron chi connectivity index (χ3n) is 4.92. The number of nitrogens with zero attached hydrogens (tertiary/aromatic N) is 1. The molecule has 0 aromatic carbocycles. The van der Waals surface area contributed by atoms with Crippen LogP contribution in [0.15, 0.2) is 0 Å². The first kappa shape index (κ1) is 12.0. The molecule has 5 heteroatoms. The normalized spacial score (nSPS) is 39.9. The van der Waals surface area contributed by atoms with E-state index in [2.05, 4.69) is 37.8 Å². The number of hydrogen-bond acceptors (Lipinski definition) is 4. The van der Waals surface area contributed by atoms with Crippen LogP contribution in [0, 0.1) is 0 Å². The van der Waals surface area contributed by atoms with Gasteiger partial charge in [-0.3, -0.25) is 4.81 Å². The Bertz CT molecular complexity index is 290. The average molecular weight is 238 g/mol. The summed E-state index contributed by atoms with van der Waals surface area (Å²) in [6, 6.07) is 1.17. The van der Waals surface area contributed by atoms with Crippen LogP contribution in [-0.2, 0) is 9.31 Å². The van der Waals surface area contributed by atoms with E-state index in [1.54, 1.807) is 0 Å². The predicted octanol–water partition coefficient (Wildman–Crippen LogP) is 1.01. The van der Waals surface area contributed by atoms with Gasteiger partial charge in [-0.2, -0.15) is 0 Å². The molecule has 17 heavy (non-hydrogen) atoms. The quantitative estimate of drug-likeness (QED) is 0.691. The standard InChI is InChI=1S/C12H23BN2O2/c1-11(2)12(3,4)17-13(16-11)15-9-5-6-10(15)8-14-7-9/h9-10,14H,5-8H2,1-4H3. The summed E-state index contributed by atoms with van der Waals surface area (Å²) in [5.41, 5.74) is -0.441. The van der Waals surface area contributed by atoms with Crippen molar-refractivity contribution in [3.05, 3.63) is 0 Å². The van der Waals surface area contributed by atoms with Gasteiger partial charge in [0.1, 0.15) is 0 Å². The Hall–Kier alpha value is -0.0951. The number of nitrogens with one attached hydrogen (secondary N) is 1. The summed E-state index contributed by atoms with van der Waals surface area (Å²) in [7, 11) is -0.153. The van der Waals surface area contributed by atoms with Crippen molar-refractivity contribution in [1.29, 1.82) is 0 Å². The first-order valence-electron chi connectivity index (χ1n) is 6.74. The molecule has 1 N–H and O–H groups in total. The molecule has 0 radical (unpaired) electrons. The van der Waals surface area contributed by atoms with Crippen LogP contribution in [0.2, 0.25) is 0 Å². The zero-order chi connectivity index (χ0) is 12.3. The molecule has 0 aromatic rings. The highest BCUT2D eigenvalue weighted by Crippen LogP contribution is 2.40. The van der Waals surface area contributed by atoms with Gasteiger partial charge in [-0.25, -0.2) is 0 Å². The van der Waals surface area contributed by atoms with Crippen molar-refractivity contribution in [2.24, 2.45) is 0 Å². The fraction of sp³-hybridized carbons (Fsp3) is 1.00. The van der Waals surface area contributed by atoms with Gasteiger partial charge in [-0.1, -0.05) is 0 Å². The van der Waals surface area contributed by atoms with Gasteiger partial charge < -0.3 is 14.6 Å². The largest absolute Gasteiger partial charge is 0.559 e. The maximum absolute atomic E-state index is 6.16. The molecule has 3 heterocycles. The van der Waals surface area contributed by atoms with Crippen LogP contribution >= 0.6 is 0 Å². The first-order valence-corrected chi connectivity index (χ1v) is 6.74. The van der Waals surface area contributed by atoms with Gasteiger partial charge in [-0.05, 0) is 40.5 Å². The smallest absolute Gasteiger partial charge is 0.389 e. The van der Waals surface area contributed by atoms with Crippen LogP contribution in [0.5, 0.6) is 0 Å². The predicted molar refractivity (Wildman–Crippen MR) is 67.6 cm³/mol. The Morgan fingerprint density at radius 2 is 1.47 bits per heavy atom. The molecule has 0 aliphatic carbocycles. The highest BCUT2D eigenvalue weighted by atomic mass is 16.7. The Balaban J connectivity index is 1.79. The van der Waals surface area contributed by atoms with E-state index in [0.717, 1.165) is 13.1 Å². The van der Waals surface area contributed by atoms with Crippen molar-refractivity contribution >= 4 is 7.25 Å². The minimum Gasteiger partial charge on any atom is -0.389 e. The van der Waals surface area contributed by atoms with Gasteiger partial charge in [0.2, 0.25) is 0 Å². The van der Waals surface area contributed by atoms with Gasteiger partial charge in [0, 0.05) is 25.2 Å². The van der Waals surface area contributed by atoms with E-state index < -0.39 is 0 Å². The maximum atomic E-state index is 6.16. The molecule has 3 rings (SSSR count). The second-order valence-corrected chi connectivity index (χ2v) is 6.55. The Labute approximate surface area is 104 Å². The number of rotatable bonds is 1. The molecule has 3 aliphatic rings. The van der Waals surface area contributed by atoms with Crippen molar-refractivity contribution in [2.75, 3.05) is 13.1 Å². The van der Waals surface area contributed by atoms with Crippen molar-refractivity contribution in [3.8, 4) is 0 Å². The maximum Gasteiger partial charge on any atom is 0.559 e. The fourth-order valence-corrected chi connectivity index (χ4v) is 3.09. The lowest BCUT2D eigenvalue weighted by molar-refractivity contribution is 0.00578. The summed E-state index contributed by atoms with van der Waals surface area (Å²) in [6.45, 7) is 10.6. The lowest BCUT2D eigenvalue weighted by Crippen LogP contribution is -2.58. The van der Waals surface area contributed by atoms with Gasteiger partial charge in [0.05, 0.1) is 11.2 Å². The Morgan fingerprint density at radius 1 is 1.00 bits per heavy atom. The number of hydrogen-bond donors (Lipinski definition) is 1. The highest BCUT2D eigenvalue weighted by Gasteiger charge is 2.57. The van der Waals surface area contributed by atoms with Crippen LogP contribution < -0.4 is 5.32 Å². The van der Waals surface area contributed by atoms with Crippen LogP contribution in [0.1, 0.15) is 40.5 Å². The summed E-state index contributed by atoms with van der Waals surface area (Å²) in [6.07, 6.45) is 2.53. The number of piperazine rings is 1.